The minimum absolute atomic E-state index is 0.338. The van der Waals surface area contributed by atoms with Gasteiger partial charge in [0.25, 0.3) is 0 Å². The summed E-state index contributed by atoms with van der Waals surface area (Å²) in [5, 5.41) is 4.19. The zero-order valence-electron chi connectivity index (χ0n) is 18.2. The number of hydrogen-bond donors (Lipinski definition) is 1. The molecule has 1 aliphatic heterocycles. The topological polar surface area (TPSA) is 67.3 Å². The molecule has 2 atom stereocenters. The van der Waals surface area contributed by atoms with Crippen molar-refractivity contribution in [2.75, 3.05) is 30.4 Å². The smallest absolute Gasteiger partial charge is 0.341 e. The number of rotatable bonds is 4. The molecule has 0 radical (unpaired) electrons. The Labute approximate surface area is 181 Å². The largest absolute Gasteiger partial charge is 0.465 e. The monoisotopic (exact) mass is 424 g/mol. The molecule has 0 spiro atoms. The number of aryl methyl sites for hydroxylation is 1. The highest BCUT2D eigenvalue weighted by Gasteiger charge is 2.27. The van der Waals surface area contributed by atoms with Gasteiger partial charge in [0.2, 0.25) is 0 Å². The maximum atomic E-state index is 12.4. The summed E-state index contributed by atoms with van der Waals surface area (Å²) < 4.78 is 5.04. The molecule has 1 fully saturated rings. The van der Waals surface area contributed by atoms with Gasteiger partial charge in [0, 0.05) is 18.0 Å². The first kappa shape index (κ1) is 20.6. The molecule has 3 heterocycles. The van der Waals surface area contributed by atoms with Crippen molar-refractivity contribution in [1.29, 1.82) is 0 Å². The first-order chi connectivity index (χ1) is 14.4. The number of para-hydroxylation sites is 2. The second-order valence-corrected chi connectivity index (χ2v) is 9.56. The fourth-order valence-electron chi connectivity index (χ4n) is 4.30. The third kappa shape index (κ3) is 3.86. The molecule has 3 aromatic rings. The Hall–Kier alpha value is -2.67. The number of methoxy groups -OCH3 is 1. The van der Waals surface area contributed by atoms with Crippen molar-refractivity contribution in [2.24, 2.45) is 11.8 Å². The molecular formula is C23H28N4O2S. The average Bonchev–Trinajstić information content (AvgIpc) is 2.99. The normalized spacial score (nSPS) is 19.2. The van der Waals surface area contributed by atoms with Gasteiger partial charge >= 0.3 is 5.97 Å². The van der Waals surface area contributed by atoms with Crippen LogP contribution < -0.4 is 10.2 Å². The van der Waals surface area contributed by atoms with E-state index in [1.54, 1.807) is 11.3 Å². The lowest BCUT2D eigenvalue weighted by Gasteiger charge is -2.36. The Balaban J connectivity index is 1.82. The minimum atomic E-state index is -0.338. The van der Waals surface area contributed by atoms with Crippen LogP contribution in [0.25, 0.3) is 11.0 Å². The Kier molecular flexibility index (Phi) is 5.64. The Morgan fingerprint density at radius 2 is 1.77 bits per heavy atom. The van der Waals surface area contributed by atoms with Crippen LogP contribution in [0.1, 0.15) is 41.1 Å². The first-order valence-electron chi connectivity index (χ1n) is 10.3. The number of thiophene rings is 1. The Morgan fingerprint density at radius 1 is 1.13 bits per heavy atom. The lowest BCUT2D eigenvalue weighted by molar-refractivity contribution is 0.0601. The van der Waals surface area contributed by atoms with Gasteiger partial charge in [0.05, 0.1) is 23.7 Å². The molecule has 0 bridgehead atoms. The summed E-state index contributed by atoms with van der Waals surface area (Å²) in [5.41, 5.74) is 3.20. The van der Waals surface area contributed by atoms with Crippen LogP contribution in [0.4, 0.5) is 16.6 Å². The van der Waals surface area contributed by atoms with E-state index in [2.05, 4.69) is 24.1 Å². The molecular weight excluding hydrogens is 396 g/mol. The zero-order chi connectivity index (χ0) is 21.4. The molecule has 1 saturated heterocycles. The first-order valence-corrected chi connectivity index (χ1v) is 11.2. The van der Waals surface area contributed by atoms with Crippen molar-refractivity contribution in [3.63, 3.8) is 0 Å². The van der Waals surface area contributed by atoms with Crippen molar-refractivity contribution in [2.45, 2.75) is 34.1 Å². The molecule has 0 aliphatic carbocycles. The molecule has 1 N–H and O–H groups in total. The maximum Gasteiger partial charge on any atom is 0.341 e. The summed E-state index contributed by atoms with van der Waals surface area (Å²) in [6.07, 6.45) is 1.22. The van der Waals surface area contributed by atoms with E-state index in [4.69, 9.17) is 14.7 Å². The number of fused-ring (bicyclic) bond motifs is 1. The lowest BCUT2D eigenvalue weighted by atomic mass is 9.92. The third-order valence-electron chi connectivity index (χ3n) is 5.73. The number of nitrogens with one attached hydrogen (secondary N) is 1. The number of anilines is 3. The van der Waals surface area contributed by atoms with Gasteiger partial charge in [0.15, 0.2) is 11.6 Å². The van der Waals surface area contributed by atoms with E-state index in [9.17, 15) is 4.79 Å². The SMILES string of the molecule is COC(=O)c1c(Nc2nc3ccccc3nc2N2C[C@H](C)C[C@H](C)C2)sc(C)c1C. The van der Waals surface area contributed by atoms with Crippen LogP contribution >= 0.6 is 11.3 Å². The molecule has 0 amide bonds. The van der Waals surface area contributed by atoms with Gasteiger partial charge in [-0.05, 0) is 49.8 Å². The number of nitrogens with zero attached hydrogens (tertiary/aromatic N) is 3. The van der Waals surface area contributed by atoms with Crippen LogP contribution in [0, 0.1) is 25.7 Å². The highest BCUT2D eigenvalue weighted by Crippen LogP contribution is 2.38. The predicted octanol–water partition coefficient (Wildman–Crippen LogP) is 5.32. The van der Waals surface area contributed by atoms with E-state index in [1.165, 1.54) is 13.5 Å². The second-order valence-electron chi connectivity index (χ2n) is 8.34. The van der Waals surface area contributed by atoms with Gasteiger partial charge in [-0.3, -0.25) is 0 Å². The number of carbonyl (C=O) groups is 1. The standard InChI is InChI=1S/C23H28N4O2S/c1-13-10-14(2)12-27(11-13)21-20(24-17-8-6-7-9-18(17)25-21)26-22-19(23(28)29-5)15(3)16(4)30-22/h6-9,13-14H,10-12H2,1-5H3,(H,24,26)/t13-,14+. The molecule has 2 aromatic heterocycles. The summed E-state index contributed by atoms with van der Waals surface area (Å²) >= 11 is 1.54. The van der Waals surface area contributed by atoms with Crippen LogP contribution in [0.3, 0.4) is 0 Å². The van der Waals surface area contributed by atoms with Crippen LogP contribution in [-0.2, 0) is 4.74 Å². The van der Waals surface area contributed by atoms with E-state index in [0.717, 1.165) is 45.4 Å². The molecule has 158 valence electrons. The number of hydrogen-bond acceptors (Lipinski definition) is 7. The molecule has 1 aromatic carbocycles. The summed E-state index contributed by atoms with van der Waals surface area (Å²) in [4.78, 5) is 25.7. The highest BCUT2D eigenvalue weighted by atomic mass is 32.1. The summed E-state index contributed by atoms with van der Waals surface area (Å²) in [5.74, 6) is 2.36. The van der Waals surface area contributed by atoms with Gasteiger partial charge in [-0.1, -0.05) is 26.0 Å². The summed E-state index contributed by atoms with van der Waals surface area (Å²) in [6.45, 7) is 10.4. The quantitative estimate of drug-likeness (QED) is 0.572. The molecule has 30 heavy (non-hydrogen) atoms. The van der Waals surface area contributed by atoms with Gasteiger partial charge in [-0.2, -0.15) is 0 Å². The van der Waals surface area contributed by atoms with E-state index in [-0.39, 0.29) is 5.97 Å². The van der Waals surface area contributed by atoms with Gasteiger partial charge in [0.1, 0.15) is 5.00 Å². The van der Waals surface area contributed by atoms with Crippen LogP contribution in [-0.4, -0.2) is 36.1 Å². The van der Waals surface area contributed by atoms with Crippen molar-refractivity contribution in [1.82, 2.24) is 9.97 Å². The van der Waals surface area contributed by atoms with E-state index >= 15 is 0 Å². The van der Waals surface area contributed by atoms with E-state index < -0.39 is 0 Å². The van der Waals surface area contributed by atoms with Gasteiger partial charge in [-0.15, -0.1) is 11.3 Å². The molecule has 7 heteroatoms. The fourth-order valence-corrected chi connectivity index (χ4v) is 5.35. The number of piperidine rings is 1. The average molecular weight is 425 g/mol. The van der Waals surface area contributed by atoms with Crippen LogP contribution in [0.5, 0.6) is 0 Å². The number of ether oxygens (including phenoxy) is 1. The third-order valence-corrected chi connectivity index (χ3v) is 6.85. The van der Waals surface area contributed by atoms with Crippen LogP contribution in [0.15, 0.2) is 24.3 Å². The molecule has 0 saturated carbocycles. The number of aromatic nitrogens is 2. The number of esters is 1. The number of benzene rings is 1. The maximum absolute atomic E-state index is 12.4. The van der Waals surface area contributed by atoms with Crippen molar-refractivity contribution < 1.29 is 9.53 Å². The van der Waals surface area contributed by atoms with Gasteiger partial charge in [-0.25, -0.2) is 14.8 Å². The molecule has 6 nitrogen and oxygen atoms in total. The zero-order valence-corrected chi connectivity index (χ0v) is 19.0. The number of carbonyl (C=O) groups excluding carboxylic acids is 1. The summed E-state index contributed by atoms with van der Waals surface area (Å²) in [7, 11) is 1.41. The molecule has 1 aliphatic rings. The molecule has 4 rings (SSSR count). The highest BCUT2D eigenvalue weighted by molar-refractivity contribution is 7.16. The van der Waals surface area contributed by atoms with Crippen LogP contribution in [0.2, 0.25) is 0 Å². The van der Waals surface area contributed by atoms with E-state index in [1.807, 2.05) is 38.1 Å². The minimum Gasteiger partial charge on any atom is -0.465 e. The molecule has 0 unspecified atom stereocenters. The Bertz CT molecular complexity index is 1080. The van der Waals surface area contributed by atoms with Crippen molar-refractivity contribution in [3.8, 4) is 0 Å². The van der Waals surface area contributed by atoms with Gasteiger partial charge < -0.3 is 15.0 Å². The van der Waals surface area contributed by atoms with E-state index in [0.29, 0.717) is 23.2 Å². The second kappa shape index (κ2) is 8.22. The van der Waals surface area contributed by atoms with Crippen molar-refractivity contribution in [3.05, 3.63) is 40.3 Å². The summed E-state index contributed by atoms with van der Waals surface area (Å²) in [6, 6.07) is 7.90. The fraction of sp³-hybridized carbons (Fsp3) is 0.435. The van der Waals surface area contributed by atoms with Crippen molar-refractivity contribution >= 4 is 45.0 Å². The predicted molar refractivity (Wildman–Crippen MR) is 123 cm³/mol. The Morgan fingerprint density at radius 3 is 2.40 bits per heavy atom. The lowest BCUT2D eigenvalue weighted by Crippen LogP contribution is -2.39.